The predicted molar refractivity (Wildman–Crippen MR) is 116 cm³/mol. The molecule has 2 aliphatic rings. The Morgan fingerprint density at radius 2 is 0.808 bits per heavy atom. The van der Waals surface area contributed by atoms with Gasteiger partial charge in [-0.05, 0) is 92.9 Å². The molecule has 2 saturated heterocycles. The molecule has 2 heterocycles. The van der Waals surface area contributed by atoms with Gasteiger partial charge in [-0.3, -0.25) is 9.80 Å². The zero-order valence-corrected chi connectivity index (χ0v) is 19.4. The molecule has 2 aliphatic heterocycles. The van der Waals surface area contributed by atoms with Gasteiger partial charge in [0, 0.05) is 35.2 Å². The number of piperidine rings is 2. The van der Waals surface area contributed by atoms with Gasteiger partial charge in [0.2, 0.25) is 0 Å². The van der Waals surface area contributed by atoms with Gasteiger partial charge < -0.3 is 0 Å². The molecule has 2 heteroatoms. The van der Waals surface area contributed by atoms with E-state index in [1.54, 1.807) is 0 Å². The zero-order valence-electron chi connectivity index (χ0n) is 19.4. The molecule has 0 aromatic heterocycles. The molecule has 0 aromatic rings. The smallest absolute Gasteiger partial charge is 0.0174 e. The van der Waals surface area contributed by atoms with E-state index < -0.39 is 0 Å². The molecule has 152 valence electrons. The average Bonchev–Trinajstić information content (AvgIpc) is 2.35. The number of likely N-dealkylation sites (tertiary alicyclic amines) is 2. The van der Waals surface area contributed by atoms with E-state index in [-0.39, 0.29) is 22.2 Å². The first-order valence-corrected chi connectivity index (χ1v) is 10.9. The Balaban J connectivity index is 2.04. The molecular formula is C24H46N2. The van der Waals surface area contributed by atoms with E-state index in [4.69, 9.17) is 0 Å². The highest BCUT2D eigenvalue weighted by atomic mass is 15.3. The third-order valence-electron chi connectivity index (χ3n) is 7.06. The molecular weight excluding hydrogens is 316 g/mol. The monoisotopic (exact) mass is 362 g/mol. The van der Waals surface area contributed by atoms with Gasteiger partial charge in [0.1, 0.15) is 0 Å². The highest BCUT2D eigenvalue weighted by molar-refractivity contribution is 5.05. The maximum atomic E-state index is 2.73. The Morgan fingerprint density at radius 1 is 0.577 bits per heavy atom. The second-order valence-electron chi connectivity index (χ2n) is 12.0. The standard InChI is InChI=1S/C24H46N2/c1-19-15-21(3,4)25(22(5,6)16-19)13-11-12-14-26-23(7,8)17-20(2)18-24(26,9)10/h11-12,19-20H,13-18H2,1-10H3/b12-11-. The molecule has 0 spiro atoms. The lowest BCUT2D eigenvalue weighted by molar-refractivity contribution is -0.0415. The van der Waals surface area contributed by atoms with Crippen LogP contribution in [0.4, 0.5) is 0 Å². The number of hydrogen-bond acceptors (Lipinski definition) is 2. The lowest BCUT2D eigenvalue weighted by atomic mass is 9.74. The first-order valence-electron chi connectivity index (χ1n) is 10.9. The molecule has 0 radical (unpaired) electrons. The Labute approximate surface area is 164 Å². The minimum atomic E-state index is 0.282. The van der Waals surface area contributed by atoms with E-state index in [0.29, 0.717) is 0 Å². The summed E-state index contributed by atoms with van der Waals surface area (Å²) in [5.41, 5.74) is 1.13. The molecule has 0 unspecified atom stereocenters. The van der Waals surface area contributed by atoms with Crippen molar-refractivity contribution in [2.45, 2.75) is 117 Å². The summed E-state index contributed by atoms with van der Waals surface area (Å²) in [6.45, 7) is 26.4. The van der Waals surface area contributed by atoms with Crippen LogP contribution in [0.5, 0.6) is 0 Å². The third-order valence-corrected chi connectivity index (χ3v) is 7.06. The van der Waals surface area contributed by atoms with Crippen LogP contribution in [0, 0.1) is 11.8 Å². The normalized spacial score (nSPS) is 30.1. The highest BCUT2D eigenvalue weighted by Crippen LogP contribution is 2.42. The van der Waals surface area contributed by atoms with Crippen molar-refractivity contribution in [1.29, 1.82) is 0 Å². The molecule has 0 amide bonds. The van der Waals surface area contributed by atoms with Crippen molar-refractivity contribution in [3.05, 3.63) is 12.2 Å². The fourth-order valence-electron chi connectivity index (χ4n) is 6.98. The Morgan fingerprint density at radius 3 is 1.04 bits per heavy atom. The van der Waals surface area contributed by atoms with Gasteiger partial charge in [-0.25, -0.2) is 0 Å². The van der Waals surface area contributed by atoms with Gasteiger partial charge in [-0.15, -0.1) is 0 Å². The largest absolute Gasteiger partial charge is 0.289 e. The Bertz CT molecular complexity index is 430. The second kappa shape index (κ2) is 7.24. The van der Waals surface area contributed by atoms with Crippen LogP contribution in [0.1, 0.15) is 94.9 Å². The number of nitrogens with zero attached hydrogens (tertiary/aromatic N) is 2. The zero-order chi connectivity index (χ0) is 20.0. The van der Waals surface area contributed by atoms with Gasteiger partial charge in [-0.1, -0.05) is 26.0 Å². The topological polar surface area (TPSA) is 6.48 Å². The summed E-state index contributed by atoms with van der Waals surface area (Å²) >= 11 is 0. The lowest BCUT2D eigenvalue weighted by Crippen LogP contribution is -2.60. The van der Waals surface area contributed by atoms with E-state index in [9.17, 15) is 0 Å². The fraction of sp³-hybridized carbons (Fsp3) is 0.917. The average molecular weight is 363 g/mol. The van der Waals surface area contributed by atoms with Crippen molar-refractivity contribution in [2.75, 3.05) is 13.1 Å². The molecule has 0 saturated carbocycles. The Hall–Kier alpha value is -0.340. The van der Waals surface area contributed by atoms with Crippen LogP contribution in [0.2, 0.25) is 0 Å². The molecule has 0 bridgehead atoms. The van der Waals surface area contributed by atoms with Gasteiger partial charge >= 0.3 is 0 Å². The first-order chi connectivity index (χ1) is 11.7. The summed E-state index contributed by atoms with van der Waals surface area (Å²) < 4.78 is 0. The summed E-state index contributed by atoms with van der Waals surface area (Å²) in [6, 6.07) is 0. The summed E-state index contributed by atoms with van der Waals surface area (Å²) in [6.07, 6.45) is 10.1. The second-order valence-corrected chi connectivity index (χ2v) is 12.0. The minimum Gasteiger partial charge on any atom is -0.289 e. The van der Waals surface area contributed by atoms with Crippen molar-refractivity contribution < 1.29 is 0 Å². The van der Waals surface area contributed by atoms with E-state index in [0.717, 1.165) is 24.9 Å². The van der Waals surface area contributed by atoms with E-state index >= 15 is 0 Å². The molecule has 0 aliphatic carbocycles. The van der Waals surface area contributed by atoms with E-state index in [1.807, 2.05) is 0 Å². The van der Waals surface area contributed by atoms with Gasteiger partial charge in [0.05, 0.1) is 0 Å². The van der Waals surface area contributed by atoms with E-state index in [1.165, 1.54) is 25.7 Å². The van der Waals surface area contributed by atoms with Crippen LogP contribution in [0.3, 0.4) is 0 Å². The minimum absolute atomic E-state index is 0.282. The van der Waals surface area contributed by atoms with Gasteiger partial charge in [-0.2, -0.15) is 0 Å². The van der Waals surface area contributed by atoms with Crippen LogP contribution in [0.25, 0.3) is 0 Å². The van der Waals surface area contributed by atoms with Crippen molar-refractivity contribution in [3.63, 3.8) is 0 Å². The fourth-order valence-corrected chi connectivity index (χ4v) is 6.98. The molecule has 0 aromatic carbocycles. The lowest BCUT2D eigenvalue weighted by Gasteiger charge is -2.55. The van der Waals surface area contributed by atoms with Crippen LogP contribution in [0.15, 0.2) is 12.2 Å². The number of hydrogen-bond donors (Lipinski definition) is 0. The molecule has 0 atom stereocenters. The maximum absolute atomic E-state index is 2.73. The summed E-state index contributed by atoms with van der Waals surface area (Å²) in [4.78, 5) is 5.45. The summed E-state index contributed by atoms with van der Waals surface area (Å²) in [5.74, 6) is 1.63. The third kappa shape index (κ3) is 4.73. The van der Waals surface area contributed by atoms with Crippen LogP contribution >= 0.6 is 0 Å². The van der Waals surface area contributed by atoms with Crippen LogP contribution in [-0.2, 0) is 0 Å². The van der Waals surface area contributed by atoms with Crippen molar-refractivity contribution in [1.82, 2.24) is 9.80 Å². The molecule has 2 nitrogen and oxygen atoms in total. The number of rotatable bonds is 4. The summed E-state index contributed by atoms with van der Waals surface area (Å²) in [5, 5.41) is 0. The molecule has 2 rings (SSSR count). The molecule has 2 fully saturated rings. The van der Waals surface area contributed by atoms with Crippen molar-refractivity contribution in [3.8, 4) is 0 Å². The Kier molecular flexibility index (Phi) is 6.12. The SMILES string of the molecule is CC1CC(C)(C)N(C/C=C\CN2C(C)(C)CC(C)CC2(C)C)C(C)(C)C1. The summed E-state index contributed by atoms with van der Waals surface area (Å²) in [7, 11) is 0. The quantitative estimate of drug-likeness (QED) is 0.556. The van der Waals surface area contributed by atoms with Crippen molar-refractivity contribution in [2.24, 2.45) is 11.8 Å². The van der Waals surface area contributed by atoms with Crippen LogP contribution < -0.4 is 0 Å². The van der Waals surface area contributed by atoms with Gasteiger partial charge in [0.15, 0.2) is 0 Å². The molecule has 26 heavy (non-hydrogen) atoms. The van der Waals surface area contributed by atoms with Gasteiger partial charge in [0.25, 0.3) is 0 Å². The molecule has 0 N–H and O–H groups in total. The van der Waals surface area contributed by atoms with Crippen molar-refractivity contribution >= 4 is 0 Å². The maximum Gasteiger partial charge on any atom is 0.0174 e. The van der Waals surface area contributed by atoms with E-state index in [2.05, 4.69) is 91.2 Å². The predicted octanol–water partition coefficient (Wildman–Crippen LogP) is 6.12. The first kappa shape index (κ1) is 22.0. The van der Waals surface area contributed by atoms with Crippen LogP contribution in [-0.4, -0.2) is 45.0 Å². The highest BCUT2D eigenvalue weighted by Gasteiger charge is 2.44.